The van der Waals surface area contributed by atoms with Crippen molar-refractivity contribution in [3.63, 3.8) is 0 Å². The Morgan fingerprint density at radius 1 is 1.22 bits per heavy atom. The van der Waals surface area contributed by atoms with E-state index in [4.69, 9.17) is 4.74 Å². The lowest BCUT2D eigenvalue weighted by molar-refractivity contribution is -0.384. The largest absolute Gasteiger partial charge is 0.507 e. The molecule has 1 aliphatic rings. The number of hydrogen-bond acceptors (Lipinski definition) is 7. The number of nitro benzene ring substituents is 1. The molecule has 2 aromatic rings. The molecule has 9 heteroatoms. The first-order valence-electron chi connectivity index (χ1n) is 9.98. The predicted molar refractivity (Wildman–Crippen MR) is 118 cm³/mol. The molecule has 1 N–H and O–H groups in total. The molecular formula is C23H25N3O6. The van der Waals surface area contributed by atoms with Crippen LogP contribution >= 0.6 is 0 Å². The SMILES string of the molecule is COc1ccc(/C(O)=C2\C(=O)C(=O)N(CCN(C)C)[C@@H]2c2cccc([N+](=O)[O-])c2)cc1C. The van der Waals surface area contributed by atoms with Crippen molar-refractivity contribution in [2.24, 2.45) is 0 Å². The molecule has 1 fully saturated rings. The molecule has 0 aromatic heterocycles. The molecule has 0 unspecified atom stereocenters. The van der Waals surface area contributed by atoms with Crippen LogP contribution in [0.5, 0.6) is 5.75 Å². The highest BCUT2D eigenvalue weighted by atomic mass is 16.6. The van der Waals surface area contributed by atoms with Crippen molar-refractivity contribution in [1.29, 1.82) is 0 Å². The summed E-state index contributed by atoms with van der Waals surface area (Å²) in [7, 11) is 5.19. The number of carbonyl (C=O) groups is 2. The Hall–Kier alpha value is -3.72. The van der Waals surface area contributed by atoms with Gasteiger partial charge >= 0.3 is 0 Å². The molecule has 0 aliphatic carbocycles. The zero-order valence-electron chi connectivity index (χ0n) is 18.4. The van der Waals surface area contributed by atoms with Gasteiger partial charge in [-0.15, -0.1) is 0 Å². The fourth-order valence-electron chi connectivity index (χ4n) is 3.75. The second-order valence-electron chi connectivity index (χ2n) is 7.83. The number of aliphatic hydroxyl groups excluding tert-OH is 1. The average molecular weight is 439 g/mol. The van der Waals surface area contributed by atoms with Crippen LogP contribution in [0.2, 0.25) is 0 Å². The number of ether oxygens (including phenoxy) is 1. The highest BCUT2D eigenvalue weighted by Crippen LogP contribution is 2.40. The molecule has 1 saturated heterocycles. The normalized spacial score (nSPS) is 17.8. The molecule has 0 radical (unpaired) electrons. The summed E-state index contributed by atoms with van der Waals surface area (Å²) in [6.45, 7) is 2.48. The summed E-state index contributed by atoms with van der Waals surface area (Å²) in [5, 5.41) is 22.4. The fourth-order valence-corrected chi connectivity index (χ4v) is 3.75. The van der Waals surface area contributed by atoms with Crippen LogP contribution in [0.3, 0.4) is 0 Å². The second-order valence-corrected chi connectivity index (χ2v) is 7.83. The molecule has 1 heterocycles. The van der Waals surface area contributed by atoms with Crippen LogP contribution in [-0.2, 0) is 9.59 Å². The zero-order valence-corrected chi connectivity index (χ0v) is 18.4. The number of amides is 1. The van der Waals surface area contributed by atoms with Gasteiger partial charge in [0, 0.05) is 30.8 Å². The van der Waals surface area contributed by atoms with Crippen LogP contribution in [-0.4, -0.2) is 65.8 Å². The lowest BCUT2D eigenvalue weighted by Crippen LogP contribution is -2.35. The number of nitrogens with zero attached hydrogens (tertiary/aromatic N) is 3. The first-order valence-corrected chi connectivity index (χ1v) is 9.98. The van der Waals surface area contributed by atoms with Gasteiger partial charge < -0.3 is 19.6 Å². The number of carbonyl (C=O) groups excluding carboxylic acids is 2. The lowest BCUT2D eigenvalue weighted by atomic mass is 9.94. The molecule has 168 valence electrons. The molecule has 0 bridgehead atoms. The van der Waals surface area contributed by atoms with Gasteiger partial charge in [0.1, 0.15) is 11.5 Å². The quantitative estimate of drug-likeness (QED) is 0.232. The maximum atomic E-state index is 13.0. The van der Waals surface area contributed by atoms with E-state index in [0.29, 0.717) is 23.4 Å². The highest BCUT2D eigenvalue weighted by molar-refractivity contribution is 6.46. The van der Waals surface area contributed by atoms with Gasteiger partial charge in [-0.1, -0.05) is 12.1 Å². The number of benzene rings is 2. The third-order valence-electron chi connectivity index (χ3n) is 5.39. The van der Waals surface area contributed by atoms with Crippen molar-refractivity contribution in [2.75, 3.05) is 34.3 Å². The van der Waals surface area contributed by atoms with Gasteiger partial charge in [0.2, 0.25) is 0 Å². The molecule has 3 rings (SSSR count). The number of non-ortho nitro benzene ring substituents is 1. The second kappa shape index (κ2) is 9.19. The minimum Gasteiger partial charge on any atom is -0.507 e. The molecule has 0 saturated carbocycles. The predicted octanol–water partition coefficient (Wildman–Crippen LogP) is 2.90. The molecule has 1 aliphatic heterocycles. The van der Waals surface area contributed by atoms with Crippen LogP contribution in [0.25, 0.3) is 5.76 Å². The molecule has 1 atom stereocenters. The van der Waals surface area contributed by atoms with E-state index in [1.54, 1.807) is 31.2 Å². The number of rotatable bonds is 7. The van der Waals surface area contributed by atoms with Gasteiger partial charge in [0.15, 0.2) is 0 Å². The number of aliphatic hydroxyl groups is 1. The van der Waals surface area contributed by atoms with Crippen molar-refractivity contribution < 1.29 is 24.4 Å². The summed E-state index contributed by atoms with van der Waals surface area (Å²) >= 11 is 0. The number of methoxy groups -OCH3 is 1. The Balaban J connectivity index is 2.19. The summed E-state index contributed by atoms with van der Waals surface area (Å²) in [6, 6.07) is 9.74. The molecule has 32 heavy (non-hydrogen) atoms. The van der Waals surface area contributed by atoms with E-state index < -0.39 is 22.7 Å². The van der Waals surface area contributed by atoms with Crippen LogP contribution in [0.15, 0.2) is 48.0 Å². The molecule has 2 aromatic carbocycles. The highest BCUT2D eigenvalue weighted by Gasteiger charge is 2.46. The van der Waals surface area contributed by atoms with E-state index in [0.717, 1.165) is 5.56 Å². The van der Waals surface area contributed by atoms with E-state index in [2.05, 4.69) is 0 Å². The van der Waals surface area contributed by atoms with Crippen molar-refractivity contribution in [1.82, 2.24) is 9.80 Å². The smallest absolute Gasteiger partial charge is 0.295 e. The topological polar surface area (TPSA) is 113 Å². The van der Waals surface area contributed by atoms with Gasteiger partial charge in [-0.25, -0.2) is 0 Å². The summed E-state index contributed by atoms with van der Waals surface area (Å²) in [4.78, 5) is 39.9. The fraction of sp³-hybridized carbons (Fsp3) is 0.304. The molecule has 0 spiro atoms. The molecule has 9 nitrogen and oxygen atoms in total. The summed E-state index contributed by atoms with van der Waals surface area (Å²) < 4.78 is 5.25. The van der Waals surface area contributed by atoms with E-state index >= 15 is 0 Å². The van der Waals surface area contributed by atoms with Gasteiger partial charge in [-0.05, 0) is 50.3 Å². The van der Waals surface area contributed by atoms with Gasteiger partial charge in [-0.2, -0.15) is 0 Å². The maximum absolute atomic E-state index is 13.0. The Morgan fingerprint density at radius 2 is 1.94 bits per heavy atom. The van der Waals surface area contributed by atoms with E-state index in [1.807, 2.05) is 19.0 Å². The minimum absolute atomic E-state index is 0.0983. The number of aryl methyl sites for hydroxylation is 1. The third kappa shape index (κ3) is 4.33. The summed E-state index contributed by atoms with van der Waals surface area (Å²) in [5.41, 5.74) is 1.21. The number of likely N-dealkylation sites (tertiary alicyclic amines) is 1. The van der Waals surface area contributed by atoms with Crippen LogP contribution in [0.1, 0.15) is 22.7 Å². The average Bonchev–Trinajstić information content (AvgIpc) is 3.01. The number of nitro groups is 1. The van der Waals surface area contributed by atoms with Crippen molar-refractivity contribution >= 4 is 23.1 Å². The zero-order chi connectivity index (χ0) is 23.6. The first-order chi connectivity index (χ1) is 15.1. The Bertz CT molecular complexity index is 1110. The van der Waals surface area contributed by atoms with Crippen molar-refractivity contribution in [3.05, 3.63) is 74.8 Å². The van der Waals surface area contributed by atoms with Crippen molar-refractivity contribution in [2.45, 2.75) is 13.0 Å². The monoisotopic (exact) mass is 439 g/mol. The Morgan fingerprint density at radius 3 is 2.53 bits per heavy atom. The number of ketones is 1. The van der Waals surface area contributed by atoms with Crippen LogP contribution < -0.4 is 4.74 Å². The van der Waals surface area contributed by atoms with Gasteiger partial charge in [-0.3, -0.25) is 19.7 Å². The van der Waals surface area contributed by atoms with E-state index in [1.165, 1.54) is 30.2 Å². The van der Waals surface area contributed by atoms with Crippen LogP contribution in [0, 0.1) is 17.0 Å². The van der Waals surface area contributed by atoms with Gasteiger partial charge in [0.25, 0.3) is 17.4 Å². The number of Topliss-reactive ketones (excluding diaryl/α,β-unsaturated/α-hetero) is 1. The standard InChI is InChI=1S/C23H25N3O6/c1-14-12-16(8-9-18(14)32-4)21(27)19-20(15-6-5-7-17(13-15)26(30)31)25(11-10-24(2)3)23(29)22(19)28/h5-9,12-13,20,27H,10-11H2,1-4H3/b21-19+/t20-/m1/s1. The molecular weight excluding hydrogens is 414 g/mol. The number of likely N-dealkylation sites (N-methyl/N-ethyl adjacent to an activating group) is 1. The lowest BCUT2D eigenvalue weighted by Gasteiger charge is -2.26. The third-order valence-corrected chi connectivity index (χ3v) is 5.39. The van der Waals surface area contributed by atoms with Crippen molar-refractivity contribution in [3.8, 4) is 5.75 Å². The van der Waals surface area contributed by atoms with Crippen LogP contribution in [0.4, 0.5) is 5.69 Å². The maximum Gasteiger partial charge on any atom is 0.295 e. The Kier molecular flexibility index (Phi) is 6.59. The summed E-state index contributed by atoms with van der Waals surface area (Å²) in [6.07, 6.45) is 0. The molecule has 1 amide bonds. The Labute approximate surface area is 185 Å². The minimum atomic E-state index is -0.947. The summed E-state index contributed by atoms with van der Waals surface area (Å²) in [5.74, 6) is -1.30. The van der Waals surface area contributed by atoms with E-state index in [-0.39, 0.29) is 23.6 Å². The van der Waals surface area contributed by atoms with Gasteiger partial charge in [0.05, 0.1) is 23.6 Å². The first kappa shape index (κ1) is 23.0. The van der Waals surface area contributed by atoms with E-state index in [9.17, 15) is 24.8 Å². The number of hydrogen-bond donors (Lipinski definition) is 1.